The summed E-state index contributed by atoms with van der Waals surface area (Å²) < 4.78 is 1.99. The maximum atomic E-state index is 12.2. The molecule has 0 spiro atoms. The number of amides is 1. The normalized spacial score (nSPS) is 10.5. The van der Waals surface area contributed by atoms with Gasteiger partial charge < -0.3 is 9.88 Å². The van der Waals surface area contributed by atoms with Crippen LogP contribution in [0.3, 0.4) is 0 Å². The summed E-state index contributed by atoms with van der Waals surface area (Å²) in [5.74, 6) is 1.17. The molecule has 0 radical (unpaired) electrons. The third kappa shape index (κ3) is 4.45. The van der Waals surface area contributed by atoms with Gasteiger partial charge in [-0.25, -0.2) is 0 Å². The SMILES string of the molecule is C=CCn1c(CC)nnc1SCC(=O)Nc1ccccc1CC. The van der Waals surface area contributed by atoms with E-state index in [1.165, 1.54) is 11.8 Å². The molecule has 6 heteroatoms. The van der Waals surface area contributed by atoms with Crippen molar-refractivity contribution in [1.82, 2.24) is 14.8 Å². The lowest BCUT2D eigenvalue weighted by molar-refractivity contribution is -0.113. The van der Waals surface area contributed by atoms with Gasteiger partial charge in [0.25, 0.3) is 0 Å². The summed E-state index contributed by atoms with van der Waals surface area (Å²) in [5.41, 5.74) is 2.01. The third-order valence-electron chi connectivity index (χ3n) is 3.43. The summed E-state index contributed by atoms with van der Waals surface area (Å²) in [6.07, 6.45) is 3.50. The van der Waals surface area contributed by atoms with Gasteiger partial charge in [-0.2, -0.15) is 0 Å². The zero-order valence-electron chi connectivity index (χ0n) is 13.6. The number of para-hydroxylation sites is 1. The van der Waals surface area contributed by atoms with E-state index >= 15 is 0 Å². The minimum absolute atomic E-state index is 0.0397. The fraction of sp³-hybridized carbons (Fsp3) is 0.353. The molecule has 0 saturated carbocycles. The highest BCUT2D eigenvalue weighted by atomic mass is 32.2. The Morgan fingerprint density at radius 3 is 2.78 bits per heavy atom. The van der Waals surface area contributed by atoms with Gasteiger partial charge in [-0.1, -0.05) is 49.9 Å². The van der Waals surface area contributed by atoms with Gasteiger partial charge in [0, 0.05) is 18.7 Å². The number of aryl methyl sites for hydroxylation is 2. The maximum Gasteiger partial charge on any atom is 0.234 e. The maximum absolute atomic E-state index is 12.2. The van der Waals surface area contributed by atoms with Crippen molar-refractivity contribution in [3.63, 3.8) is 0 Å². The van der Waals surface area contributed by atoms with Gasteiger partial charge >= 0.3 is 0 Å². The summed E-state index contributed by atoms with van der Waals surface area (Å²) in [6.45, 7) is 8.52. The molecular formula is C17H22N4OS. The van der Waals surface area contributed by atoms with Crippen LogP contribution >= 0.6 is 11.8 Å². The van der Waals surface area contributed by atoms with Crippen LogP contribution in [0, 0.1) is 0 Å². The van der Waals surface area contributed by atoms with Crippen molar-refractivity contribution in [3.8, 4) is 0 Å². The lowest BCUT2D eigenvalue weighted by Crippen LogP contribution is -2.15. The molecule has 1 amide bonds. The van der Waals surface area contributed by atoms with E-state index in [0.717, 1.165) is 35.1 Å². The predicted octanol–water partition coefficient (Wildman–Crippen LogP) is 3.32. The van der Waals surface area contributed by atoms with E-state index in [1.54, 1.807) is 0 Å². The standard InChI is InChI=1S/C17H22N4OS/c1-4-11-21-15(6-3)19-20-17(21)23-12-16(22)18-14-10-8-7-9-13(14)5-2/h4,7-10H,1,5-6,11-12H2,2-3H3,(H,18,22). The average Bonchev–Trinajstić information content (AvgIpc) is 2.96. The Morgan fingerprint density at radius 1 is 1.30 bits per heavy atom. The number of hydrogen-bond donors (Lipinski definition) is 1. The number of carbonyl (C=O) groups is 1. The molecule has 0 unspecified atom stereocenters. The highest BCUT2D eigenvalue weighted by Crippen LogP contribution is 2.19. The number of carbonyl (C=O) groups excluding carboxylic acids is 1. The summed E-state index contributed by atoms with van der Waals surface area (Å²) in [6, 6.07) is 7.86. The Kier molecular flexibility index (Phi) is 6.40. The van der Waals surface area contributed by atoms with Crippen molar-refractivity contribution in [1.29, 1.82) is 0 Å². The smallest absolute Gasteiger partial charge is 0.234 e. The van der Waals surface area contributed by atoms with E-state index in [0.29, 0.717) is 12.3 Å². The number of rotatable bonds is 8. The number of nitrogens with zero attached hydrogens (tertiary/aromatic N) is 3. The Morgan fingerprint density at radius 2 is 2.09 bits per heavy atom. The summed E-state index contributed by atoms with van der Waals surface area (Å²) >= 11 is 1.39. The Balaban J connectivity index is 1.99. The number of allylic oxidation sites excluding steroid dienone is 1. The molecule has 2 aromatic rings. The van der Waals surface area contributed by atoms with Crippen molar-refractivity contribution >= 4 is 23.4 Å². The fourth-order valence-corrected chi connectivity index (χ4v) is 3.03. The number of aromatic nitrogens is 3. The fourth-order valence-electron chi connectivity index (χ4n) is 2.27. The van der Waals surface area contributed by atoms with Crippen molar-refractivity contribution in [2.75, 3.05) is 11.1 Å². The molecule has 0 aliphatic carbocycles. The second-order valence-corrected chi connectivity index (χ2v) is 5.94. The van der Waals surface area contributed by atoms with E-state index in [1.807, 2.05) is 41.8 Å². The molecule has 1 aromatic heterocycles. The minimum atomic E-state index is -0.0397. The van der Waals surface area contributed by atoms with Crippen LogP contribution in [0.1, 0.15) is 25.2 Å². The number of benzene rings is 1. The van der Waals surface area contributed by atoms with E-state index in [-0.39, 0.29) is 5.91 Å². The molecule has 1 N–H and O–H groups in total. The molecule has 0 fully saturated rings. The van der Waals surface area contributed by atoms with Gasteiger partial charge in [0.15, 0.2) is 5.16 Å². The molecule has 5 nitrogen and oxygen atoms in total. The molecule has 122 valence electrons. The van der Waals surface area contributed by atoms with Crippen molar-refractivity contribution in [3.05, 3.63) is 48.3 Å². The molecule has 2 rings (SSSR count). The molecule has 0 saturated heterocycles. The number of nitrogens with one attached hydrogen (secondary N) is 1. The van der Waals surface area contributed by atoms with Crippen LogP contribution in [-0.2, 0) is 24.2 Å². The van der Waals surface area contributed by atoms with Crippen molar-refractivity contribution in [2.24, 2.45) is 0 Å². The Hall–Kier alpha value is -2.08. The molecule has 0 atom stereocenters. The number of hydrogen-bond acceptors (Lipinski definition) is 4. The molecule has 0 aliphatic rings. The lowest BCUT2D eigenvalue weighted by atomic mass is 10.1. The van der Waals surface area contributed by atoms with Gasteiger partial charge in [0.1, 0.15) is 5.82 Å². The highest BCUT2D eigenvalue weighted by molar-refractivity contribution is 7.99. The largest absolute Gasteiger partial charge is 0.325 e. The summed E-state index contributed by atoms with van der Waals surface area (Å²) in [4.78, 5) is 12.2. The first-order valence-corrected chi connectivity index (χ1v) is 8.71. The van der Waals surface area contributed by atoms with Crippen LogP contribution in [0.2, 0.25) is 0 Å². The molecule has 1 aromatic carbocycles. The first-order valence-electron chi connectivity index (χ1n) is 7.73. The van der Waals surface area contributed by atoms with Crippen LogP contribution in [0.5, 0.6) is 0 Å². The van der Waals surface area contributed by atoms with Crippen molar-refractivity contribution < 1.29 is 4.79 Å². The first kappa shape index (κ1) is 17.3. The second kappa shape index (κ2) is 8.53. The number of anilines is 1. The molecule has 1 heterocycles. The van der Waals surface area contributed by atoms with Gasteiger partial charge in [-0.3, -0.25) is 4.79 Å². The predicted molar refractivity (Wildman–Crippen MR) is 94.8 cm³/mol. The summed E-state index contributed by atoms with van der Waals surface area (Å²) in [7, 11) is 0. The molecule has 0 bridgehead atoms. The van der Waals surface area contributed by atoms with Crippen LogP contribution in [-0.4, -0.2) is 26.4 Å². The van der Waals surface area contributed by atoms with Crippen LogP contribution in [0.4, 0.5) is 5.69 Å². The first-order chi connectivity index (χ1) is 11.2. The van der Waals surface area contributed by atoms with E-state index in [9.17, 15) is 4.79 Å². The second-order valence-electron chi connectivity index (χ2n) is 5.00. The Bertz CT molecular complexity index is 681. The van der Waals surface area contributed by atoms with Gasteiger partial charge in [0.2, 0.25) is 5.91 Å². The minimum Gasteiger partial charge on any atom is -0.325 e. The van der Waals surface area contributed by atoms with Crippen LogP contribution in [0.15, 0.2) is 42.1 Å². The van der Waals surface area contributed by atoms with Crippen molar-refractivity contribution in [2.45, 2.75) is 38.4 Å². The zero-order chi connectivity index (χ0) is 16.7. The van der Waals surface area contributed by atoms with E-state index in [2.05, 4.69) is 29.0 Å². The van der Waals surface area contributed by atoms with Gasteiger partial charge in [-0.15, -0.1) is 16.8 Å². The van der Waals surface area contributed by atoms with Crippen LogP contribution in [0.25, 0.3) is 0 Å². The zero-order valence-corrected chi connectivity index (χ0v) is 14.4. The number of thioether (sulfide) groups is 1. The third-order valence-corrected chi connectivity index (χ3v) is 4.39. The highest BCUT2D eigenvalue weighted by Gasteiger charge is 2.13. The van der Waals surface area contributed by atoms with Gasteiger partial charge in [-0.05, 0) is 18.1 Å². The quantitative estimate of drug-likeness (QED) is 0.596. The molecule has 0 aliphatic heterocycles. The van der Waals surface area contributed by atoms with Gasteiger partial charge in [0.05, 0.1) is 5.75 Å². The summed E-state index contributed by atoms with van der Waals surface area (Å²) in [5, 5.41) is 12.0. The van der Waals surface area contributed by atoms with Crippen LogP contribution < -0.4 is 5.32 Å². The lowest BCUT2D eigenvalue weighted by Gasteiger charge is -2.10. The molecular weight excluding hydrogens is 308 g/mol. The van der Waals surface area contributed by atoms with E-state index < -0.39 is 0 Å². The Labute approximate surface area is 141 Å². The topological polar surface area (TPSA) is 59.8 Å². The van der Waals surface area contributed by atoms with E-state index in [4.69, 9.17) is 0 Å². The average molecular weight is 330 g/mol. The molecule has 23 heavy (non-hydrogen) atoms. The monoisotopic (exact) mass is 330 g/mol.